The third kappa shape index (κ3) is 10.8. The first kappa shape index (κ1) is 37.8. The summed E-state index contributed by atoms with van der Waals surface area (Å²) in [6.45, 7) is 6.85. The number of carbonyl (C=O) groups is 2. The summed E-state index contributed by atoms with van der Waals surface area (Å²) in [5, 5.41) is 16.1. The lowest BCUT2D eigenvalue weighted by molar-refractivity contribution is -0.129. The van der Waals surface area contributed by atoms with E-state index in [1.54, 1.807) is 48.5 Å². The molecule has 7 rings (SSSR count). The molecule has 58 heavy (non-hydrogen) atoms. The molecule has 7 aromatic rings. The maximum absolute atomic E-state index is 11.6. The smallest absolute Gasteiger partial charge is 0.335 e. The number of carbonyl (C=O) groups excluding carboxylic acids is 2. The van der Waals surface area contributed by atoms with Crippen molar-refractivity contribution < 1.29 is 19.1 Å². The van der Waals surface area contributed by atoms with E-state index in [0.29, 0.717) is 64.3 Å². The number of benzene rings is 5. The molecule has 0 saturated carbocycles. The molecule has 5 N–H and O–H groups in total. The lowest BCUT2D eigenvalue weighted by Crippen LogP contribution is -2.08. The van der Waals surface area contributed by atoms with Crippen molar-refractivity contribution in [2.24, 2.45) is 0 Å². The minimum Gasteiger partial charge on any atom is -0.423 e. The zero-order chi connectivity index (χ0) is 40.1. The molecule has 286 valence electrons. The fraction of sp³-hybridized carbons (Fsp3) is 0.0233. The number of nitrogens with zero attached hydrogens (tertiary/aromatic N) is 6. The highest BCUT2D eigenvalue weighted by Gasteiger charge is 2.12. The minimum absolute atomic E-state index is 0.266. The van der Waals surface area contributed by atoms with Gasteiger partial charge in [-0.3, -0.25) is 0 Å². The van der Waals surface area contributed by atoms with Gasteiger partial charge in [-0.25, -0.2) is 9.59 Å². The molecule has 0 aliphatic heterocycles. The molecule has 0 amide bonds. The molecular formula is C43H35N11O4. The van der Waals surface area contributed by atoms with Crippen molar-refractivity contribution in [3.05, 3.63) is 170 Å². The van der Waals surface area contributed by atoms with Gasteiger partial charge in [0, 0.05) is 47.0 Å². The van der Waals surface area contributed by atoms with Crippen LogP contribution in [-0.2, 0) is 16.0 Å². The van der Waals surface area contributed by atoms with Gasteiger partial charge in [0.25, 0.3) is 0 Å². The maximum atomic E-state index is 11.6. The molecule has 0 radical (unpaired) electrons. The van der Waals surface area contributed by atoms with Crippen LogP contribution in [0.4, 0.5) is 58.2 Å². The Morgan fingerprint density at radius 3 is 1.10 bits per heavy atom. The molecule has 15 nitrogen and oxygen atoms in total. The van der Waals surface area contributed by atoms with Crippen LogP contribution in [0.3, 0.4) is 0 Å². The second kappa shape index (κ2) is 18.2. The summed E-state index contributed by atoms with van der Waals surface area (Å²) in [5.41, 5.74) is 4.59. The predicted molar refractivity (Wildman–Crippen MR) is 223 cm³/mol. The number of para-hydroxylation sites is 1. The molecule has 5 aromatic carbocycles. The number of nitrogens with one attached hydrogen (secondary N) is 5. The van der Waals surface area contributed by atoms with E-state index >= 15 is 0 Å². The van der Waals surface area contributed by atoms with Gasteiger partial charge in [0.1, 0.15) is 17.3 Å². The average molecular weight is 770 g/mol. The van der Waals surface area contributed by atoms with Gasteiger partial charge in [-0.15, -0.1) is 0 Å². The second-order valence-corrected chi connectivity index (χ2v) is 12.2. The normalized spacial score (nSPS) is 10.4. The number of ether oxygens (including phenoxy) is 2. The molecule has 2 heterocycles. The number of aromatic nitrogens is 6. The van der Waals surface area contributed by atoms with Crippen LogP contribution in [-0.4, -0.2) is 41.8 Å². The third-order valence-corrected chi connectivity index (χ3v) is 7.94. The maximum Gasteiger partial charge on any atom is 0.335 e. The van der Waals surface area contributed by atoms with Crippen LogP contribution in [0.5, 0.6) is 11.5 Å². The lowest BCUT2D eigenvalue weighted by atomic mass is 10.1. The molecule has 0 atom stereocenters. The second-order valence-electron chi connectivity index (χ2n) is 12.2. The van der Waals surface area contributed by atoms with E-state index in [2.05, 4.69) is 64.7 Å². The Hall–Kier alpha value is -8.46. The third-order valence-electron chi connectivity index (χ3n) is 7.94. The number of rotatable bonds is 16. The fourth-order valence-corrected chi connectivity index (χ4v) is 5.26. The number of anilines is 10. The van der Waals surface area contributed by atoms with Crippen LogP contribution in [0.15, 0.2) is 159 Å². The molecule has 0 saturated heterocycles. The largest absolute Gasteiger partial charge is 0.423 e. The molecular weight excluding hydrogens is 735 g/mol. The predicted octanol–water partition coefficient (Wildman–Crippen LogP) is 8.55. The van der Waals surface area contributed by atoms with Gasteiger partial charge in [-0.1, -0.05) is 61.7 Å². The summed E-state index contributed by atoms with van der Waals surface area (Å²) in [5.74, 6) is 1.71. The zero-order valence-electron chi connectivity index (χ0n) is 30.8. The highest BCUT2D eigenvalue weighted by molar-refractivity contribution is 5.84. The van der Waals surface area contributed by atoms with E-state index in [9.17, 15) is 9.59 Å². The topological polar surface area (TPSA) is 190 Å². The summed E-state index contributed by atoms with van der Waals surface area (Å²) in [6.07, 6.45) is 2.68. The van der Waals surface area contributed by atoms with Crippen LogP contribution in [0.25, 0.3) is 0 Å². The highest BCUT2D eigenvalue weighted by Crippen LogP contribution is 2.25. The van der Waals surface area contributed by atoms with Crippen LogP contribution < -0.4 is 36.1 Å². The zero-order valence-corrected chi connectivity index (χ0v) is 30.8. The summed E-state index contributed by atoms with van der Waals surface area (Å²) in [7, 11) is 0. The monoisotopic (exact) mass is 769 g/mol. The Labute approximate surface area is 333 Å². The van der Waals surface area contributed by atoms with Gasteiger partial charge in [0.05, 0.1) is 0 Å². The van der Waals surface area contributed by atoms with E-state index in [1.165, 1.54) is 0 Å². The summed E-state index contributed by atoms with van der Waals surface area (Å²) >= 11 is 0. The Kier molecular flexibility index (Phi) is 11.9. The van der Waals surface area contributed by atoms with Gasteiger partial charge < -0.3 is 36.1 Å². The van der Waals surface area contributed by atoms with Gasteiger partial charge >= 0.3 is 11.9 Å². The van der Waals surface area contributed by atoms with Crippen molar-refractivity contribution in [1.82, 2.24) is 29.9 Å². The average Bonchev–Trinajstić information content (AvgIpc) is 3.23. The van der Waals surface area contributed by atoms with Gasteiger partial charge in [0.15, 0.2) is 0 Å². The summed E-state index contributed by atoms with van der Waals surface area (Å²) < 4.78 is 10.4. The van der Waals surface area contributed by atoms with Crippen molar-refractivity contribution >= 4 is 70.1 Å². The molecule has 15 heteroatoms. The number of esters is 2. The van der Waals surface area contributed by atoms with Gasteiger partial charge in [0.2, 0.25) is 29.7 Å². The van der Waals surface area contributed by atoms with E-state index in [4.69, 9.17) is 14.5 Å². The first-order chi connectivity index (χ1) is 28.3. The van der Waals surface area contributed by atoms with E-state index in [0.717, 1.165) is 23.4 Å². The Balaban J connectivity index is 1.08. The number of hydrogen-bond donors (Lipinski definition) is 5. The molecule has 0 aliphatic carbocycles. The lowest BCUT2D eigenvalue weighted by Gasteiger charge is -2.13. The van der Waals surface area contributed by atoms with E-state index in [-0.39, 0.29) is 11.9 Å². The fourth-order valence-electron chi connectivity index (χ4n) is 5.26. The van der Waals surface area contributed by atoms with Crippen molar-refractivity contribution in [2.45, 2.75) is 6.42 Å². The first-order valence-corrected chi connectivity index (χ1v) is 17.8. The quantitative estimate of drug-likeness (QED) is 0.0357. The molecule has 0 spiro atoms. The molecule has 0 unspecified atom stereocenters. The summed E-state index contributed by atoms with van der Waals surface area (Å²) in [4.78, 5) is 50.9. The van der Waals surface area contributed by atoms with Crippen LogP contribution in [0, 0.1) is 0 Å². The minimum atomic E-state index is -0.550. The van der Waals surface area contributed by atoms with E-state index < -0.39 is 11.9 Å². The SMILES string of the molecule is C=CC(=O)Oc1ccc(Nc2nc(Cc3ccccc3)nc(Nc3ccc(Nc4nc(Nc5ccccc5)nc(Nc5ccc(OC(=O)C=C)cc5)n4)cc3)n2)cc1. The van der Waals surface area contributed by atoms with Crippen LogP contribution >= 0.6 is 0 Å². The van der Waals surface area contributed by atoms with Crippen LogP contribution in [0.2, 0.25) is 0 Å². The van der Waals surface area contributed by atoms with Crippen molar-refractivity contribution in [3.8, 4) is 11.5 Å². The Bertz CT molecular complexity index is 2340. The first-order valence-electron chi connectivity index (χ1n) is 17.8. The van der Waals surface area contributed by atoms with Crippen molar-refractivity contribution in [3.63, 3.8) is 0 Å². The summed E-state index contributed by atoms with van der Waals surface area (Å²) in [6, 6.07) is 40.4. The van der Waals surface area contributed by atoms with Gasteiger partial charge in [-0.05, 0) is 90.5 Å². The molecule has 2 aromatic heterocycles. The van der Waals surface area contributed by atoms with E-state index in [1.807, 2.05) is 84.9 Å². The molecule has 0 bridgehead atoms. The number of hydrogen-bond acceptors (Lipinski definition) is 15. The molecule has 0 fully saturated rings. The van der Waals surface area contributed by atoms with Crippen molar-refractivity contribution in [2.75, 3.05) is 26.6 Å². The van der Waals surface area contributed by atoms with Crippen molar-refractivity contribution in [1.29, 1.82) is 0 Å². The molecule has 0 aliphatic rings. The Morgan fingerprint density at radius 1 is 0.431 bits per heavy atom. The standard InChI is InChI=1S/C43H35N11O4/c1-3-37(55)57-34-23-19-32(20-24-34)46-40-50-36(27-28-11-7-5-8-12-28)49-39(51-40)45-30-15-17-31(18-16-30)47-42-52-41(44-29-13-9-6-10-14-29)53-43(54-42)48-33-21-25-35(26-22-33)58-38(56)4-2/h3-26H,1-2,27H2,(H2,45,46,49,50,51)(H3,44,47,48,52,53,54). The van der Waals surface area contributed by atoms with Gasteiger partial charge in [-0.2, -0.15) is 29.9 Å². The highest BCUT2D eigenvalue weighted by atomic mass is 16.5. The Morgan fingerprint density at radius 2 is 0.741 bits per heavy atom. The van der Waals surface area contributed by atoms with Crippen LogP contribution in [0.1, 0.15) is 11.4 Å².